The van der Waals surface area contributed by atoms with E-state index in [1.807, 2.05) is 43.3 Å². The lowest BCUT2D eigenvalue weighted by Crippen LogP contribution is -2.49. The summed E-state index contributed by atoms with van der Waals surface area (Å²) in [6.45, 7) is 3.22. The highest BCUT2D eigenvalue weighted by molar-refractivity contribution is 5.97. The fourth-order valence-corrected chi connectivity index (χ4v) is 4.43. The summed E-state index contributed by atoms with van der Waals surface area (Å²) >= 11 is 0. The van der Waals surface area contributed by atoms with Gasteiger partial charge in [0, 0.05) is 31.0 Å². The first-order chi connectivity index (χ1) is 17.3. The molecule has 1 fully saturated rings. The van der Waals surface area contributed by atoms with E-state index in [1.165, 1.54) is 12.1 Å². The van der Waals surface area contributed by atoms with Gasteiger partial charge in [-0.1, -0.05) is 55.5 Å². The van der Waals surface area contributed by atoms with Gasteiger partial charge in [0.05, 0.1) is 11.5 Å². The number of rotatable bonds is 7. The maximum atomic E-state index is 13.2. The Morgan fingerprint density at radius 2 is 1.69 bits per heavy atom. The van der Waals surface area contributed by atoms with Crippen LogP contribution in [0.15, 0.2) is 78.9 Å². The SMILES string of the molecule is CC[C@@H](C(=O)Nc1cccc(N2CCCN(Cc3ccc(C(F)(F)F)cc3)C2=O)c1)c1ccccc1. The minimum absolute atomic E-state index is 0.116. The van der Waals surface area contributed by atoms with E-state index in [9.17, 15) is 22.8 Å². The molecule has 0 spiro atoms. The molecule has 5 nitrogen and oxygen atoms in total. The molecule has 1 heterocycles. The van der Waals surface area contributed by atoms with Gasteiger partial charge in [-0.25, -0.2) is 4.79 Å². The second-order valence-electron chi connectivity index (χ2n) is 8.82. The van der Waals surface area contributed by atoms with Crippen LogP contribution in [0, 0.1) is 0 Å². The molecule has 4 rings (SSSR count). The van der Waals surface area contributed by atoms with Crippen LogP contribution in [0.1, 0.15) is 42.4 Å². The summed E-state index contributed by atoms with van der Waals surface area (Å²) in [6.07, 6.45) is -3.02. The van der Waals surface area contributed by atoms with Gasteiger partial charge in [-0.15, -0.1) is 0 Å². The van der Waals surface area contributed by atoms with Gasteiger partial charge in [-0.2, -0.15) is 13.2 Å². The highest BCUT2D eigenvalue weighted by Crippen LogP contribution is 2.30. The zero-order chi connectivity index (χ0) is 25.7. The van der Waals surface area contributed by atoms with Gasteiger partial charge in [-0.3, -0.25) is 9.69 Å². The number of carbonyl (C=O) groups is 2. The Kier molecular flexibility index (Phi) is 7.62. The highest BCUT2D eigenvalue weighted by Gasteiger charge is 2.31. The second-order valence-corrected chi connectivity index (χ2v) is 8.82. The molecule has 1 atom stereocenters. The fourth-order valence-electron chi connectivity index (χ4n) is 4.43. The van der Waals surface area contributed by atoms with Crippen molar-refractivity contribution in [2.45, 2.75) is 38.4 Å². The first-order valence-electron chi connectivity index (χ1n) is 11.9. The zero-order valence-electron chi connectivity index (χ0n) is 20.0. The monoisotopic (exact) mass is 495 g/mol. The molecule has 3 aromatic rings. The highest BCUT2D eigenvalue weighted by atomic mass is 19.4. The van der Waals surface area contributed by atoms with Gasteiger partial charge in [0.1, 0.15) is 0 Å². The topological polar surface area (TPSA) is 52.7 Å². The van der Waals surface area contributed by atoms with E-state index in [1.54, 1.807) is 28.0 Å². The molecule has 188 valence electrons. The molecule has 0 radical (unpaired) electrons. The number of amides is 3. The number of anilines is 2. The Labute approximate surface area is 208 Å². The van der Waals surface area contributed by atoms with Crippen LogP contribution in [-0.2, 0) is 17.5 Å². The van der Waals surface area contributed by atoms with Crippen LogP contribution in [-0.4, -0.2) is 29.9 Å². The van der Waals surface area contributed by atoms with Gasteiger partial charge >= 0.3 is 12.2 Å². The number of halogens is 3. The molecule has 8 heteroatoms. The lowest BCUT2D eigenvalue weighted by Gasteiger charge is -2.36. The molecular formula is C28H28F3N3O2. The normalized spacial score (nSPS) is 15.1. The van der Waals surface area contributed by atoms with E-state index in [0.29, 0.717) is 36.4 Å². The Balaban J connectivity index is 1.45. The molecule has 1 aliphatic rings. The Morgan fingerprint density at radius 3 is 2.36 bits per heavy atom. The van der Waals surface area contributed by atoms with Crippen molar-refractivity contribution in [1.82, 2.24) is 4.90 Å². The van der Waals surface area contributed by atoms with Crippen molar-refractivity contribution in [2.75, 3.05) is 23.3 Å². The van der Waals surface area contributed by atoms with Crippen molar-refractivity contribution in [1.29, 1.82) is 0 Å². The van der Waals surface area contributed by atoms with E-state index < -0.39 is 11.7 Å². The first kappa shape index (κ1) is 25.3. The minimum atomic E-state index is -4.39. The molecule has 0 aliphatic carbocycles. The summed E-state index contributed by atoms with van der Waals surface area (Å²) in [5, 5.41) is 2.97. The number of hydrogen-bond acceptors (Lipinski definition) is 2. The first-order valence-corrected chi connectivity index (χ1v) is 11.9. The molecule has 1 N–H and O–H groups in total. The fraction of sp³-hybridized carbons (Fsp3) is 0.286. The number of alkyl halides is 3. The lowest BCUT2D eigenvalue weighted by atomic mass is 9.95. The van der Waals surface area contributed by atoms with E-state index in [2.05, 4.69) is 5.32 Å². The second kappa shape index (κ2) is 10.8. The number of urea groups is 1. The number of nitrogens with zero attached hydrogens (tertiary/aromatic N) is 2. The van der Waals surface area contributed by atoms with Gasteiger partial charge in [-0.05, 0) is 54.3 Å². The number of hydrogen-bond donors (Lipinski definition) is 1. The summed E-state index contributed by atoms with van der Waals surface area (Å²) in [7, 11) is 0. The van der Waals surface area contributed by atoms with Gasteiger partial charge < -0.3 is 10.2 Å². The van der Waals surface area contributed by atoms with Crippen LogP contribution >= 0.6 is 0 Å². The zero-order valence-corrected chi connectivity index (χ0v) is 20.0. The number of carbonyl (C=O) groups excluding carboxylic acids is 2. The van der Waals surface area contributed by atoms with Crippen LogP contribution in [0.2, 0.25) is 0 Å². The van der Waals surface area contributed by atoms with E-state index >= 15 is 0 Å². The van der Waals surface area contributed by atoms with Crippen molar-refractivity contribution in [3.05, 3.63) is 95.6 Å². The average Bonchev–Trinajstić information content (AvgIpc) is 2.86. The average molecular weight is 496 g/mol. The van der Waals surface area contributed by atoms with Crippen molar-refractivity contribution >= 4 is 23.3 Å². The van der Waals surface area contributed by atoms with Crippen LogP contribution in [0.3, 0.4) is 0 Å². The smallest absolute Gasteiger partial charge is 0.325 e. The van der Waals surface area contributed by atoms with Crippen molar-refractivity contribution in [3.8, 4) is 0 Å². The molecule has 3 amide bonds. The Morgan fingerprint density at radius 1 is 0.972 bits per heavy atom. The predicted molar refractivity (Wildman–Crippen MR) is 134 cm³/mol. The van der Waals surface area contributed by atoms with Crippen molar-refractivity contribution < 1.29 is 22.8 Å². The van der Waals surface area contributed by atoms with Crippen molar-refractivity contribution in [3.63, 3.8) is 0 Å². The molecule has 0 unspecified atom stereocenters. The van der Waals surface area contributed by atoms with Crippen LogP contribution in [0.25, 0.3) is 0 Å². The molecule has 36 heavy (non-hydrogen) atoms. The molecule has 1 saturated heterocycles. The standard InChI is InChI=1S/C28H28F3N3O2/c1-2-25(21-8-4-3-5-9-21)26(35)32-23-10-6-11-24(18-23)34-17-7-16-33(27(34)36)19-20-12-14-22(15-13-20)28(29,30)31/h3-6,8-15,18,25H,2,7,16-17,19H2,1H3,(H,32,35)/t25-/m1/s1. The number of nitrogens with one attached hydrogen (secondary N) is 1. The summed E-state index contributed by atoms with van der Waals surface area (Å²) in [5.74, 6) is -0.402. The molecule has 0 saturated carbocycles. The van der Waals surface area contributed by atoms with Crippen LogP contribution in [0.5, 0.6) is 0 Å². The Bertz CT molecular complexity index is 1200. The van der Waals surface area contributed by atoms with E-state index in [-0.39, 0.29) is 24.4 Å². The Hall–Kier alpha value is -3.81. The molecule has 1 aliphatic heterocycles. The largest absolute Gasteiger partial charge is 0.416 e. The van der Waals surface area contributed by atoms with Gasteiger partial charge in [0.2, 0.25) is 5.91 Å². The summed E-state index contributed by atoms with van der Waals surface area (Å²) in [5.41, 5.74) is 2.11. The molecule has 3 aromatic carbocycles. The van der Waals surface area contributed by atoms with Crippen LogP contribution < -0.4 is 10.2 Å². The summed E-state index contributed by atoms with van der Waals surface area (Å²) in [6, 6.07) is 21.4. The maximum Gasteiger partial charge on any atom is 0.416 e. The quantitative estimate of drug-likeness (QED) is 0.398. The van der Waals surface area contributed by atoms with E-state index in [0.717, 1.165) is 24.1 Å². The van der Waals surface area contributed by atoms with Crippen molar-refractivity contribution in [2.24, 2.45) is 0 Å². The van der Waals surface area contributed by atoms with E-state index in [4.69, 9.17) is 0 Å². The van der Waals surface area contributed by atoms with Crippen LogP contribution in [0.4, 0.5) is 29.3 Å². The third-order valence-corrected chi connectivity index (χ3v) is 6.32. The molecule has 0 bridgehead atoms. The third-order valence-electron chi connectivity index (χ3n) is 6.32. The summed E-state index contributed by atoms with van der Waals surface area (Å²) in [4.78, 5) is 29.4. The lowest BCUT2D eigenvalue weighted by molar-refractivity contribution is -0.137. The van der Waals surface area contributed by atoms with Gasteiger partial charge in [0.15, 0.2) is 0 Å². The molecule has 0 aromatic heterocycles. The predicted octanol–water partition coefficient (Wildman–Crippen LogP) is 6.67. The molecular weight excluding hydrogens is 467 g/mol. The maximum absolute atomic E-state index is 13.2. The number of benzene rings is 3. The summed E-state index contributed by atoms with van der Waals surface area (Å²) < 4.78 is 38.5. The minimum Gasteiger partial charge on any atom is -0.325 e. The van der Waals surface area contributed by atoms with Gasteiger partial charge in [0.25, 0.3) is 0 Å². The third kappa shape index (κ3) is 5.87.